The molecular formula is C74H107N17O27. The number of aliphatic carboxylic acids is 5. The van der Waals surface area contributed by atoms with Crippen molar-refractivity contribution in [3.63, 3.8) is 0 Å². The Morgan fingerprint density at radius 1 is 0.508 bits per heavy atom. The van der Waals surface area contributed by atoms with Crippen LogP contribution in [0, 0.1) is 5.92 Å². The molecule has 5 unspecified atom stereocenters. The number of hydrogen-bond acceptors (Lipinski definition) is 25. The Morgan fingerprint density at radius 3 is 1.60 bits per heavy atom. The van der Waals surface area contributed by atoms with Crippen LogP contribution >= 0.6 is 0 Å². The molecule has 3 aromatic rings. The molecule has 13 amide bonds. The number of carbonyl (C=O) groups excluding carboxylic acids is 15. The van der Waals surface area contributed by atoms with Crippen LogP contribution in [0.1, 0.15) is 153 Å². The topological polar surface area (TPSA) is 727 Å². The van der Waals surface area contributed by atoms with Crippen LogP contribution in [0.5, 0.6) is 0 Å². The number of nitrogen functional groups attached to an aromatic ring is 1. The molecule has 26 N–H and O–H groups in total. The number of fused-ring (bicyclic) bond motifs is 1. The number of aromatic nitrogens is 1. The maximum atomic E-state index is 14.8. The summed E-state index contributed by atoms with van der Waals surface area (Å²) in [6.45, 7) is 3.09. The van der Waals surface area contributed by atoms with E-state index in [1.165, 1.54) is 29.2 Å². The van der Waals surface area contributed by atoms with E-state index in [9.17, 15) is 121 Å². The van der Waals surface area contributed by atoms with Gasteiger partial charge < -0.3 is 127 Å². The van der Waals surface area contributed by atoms with Gasteiger partial charge >= 0.3 is 35.8 Å². The van der Waals surface area contributed by atoms with Crippen LogP contribution < -0.4 is 81.4 Å². The number of H-pyrrole nitrogens is 1. The van der Waals surface area contributed by atoms with Gasteiger partial charge in [0.05, 0.1) is 57.8 Å². The second-order valence-corrected chi connectivity index (χ2v) is 27.7. The third kappa shape index (κ3) is 34.4. The molecule has 3 rings (SSSR count). The number of carboxylic acids is 5. The number of likely N-dealkylation sites (N-methyl/N-ethyl adjacent to an activating group) is 1. The molecule has 0 spiro atoms. The summed E-state index contributed by atoms with van der Waals surface area (Å²) in [6.07, 6.45) is -1.26. The SMILES string of the molecule is CCCCCCCCCC(=O)N(CC)[C@@H](Cc1c[nH]c2ccccc12)C(=O)N[C@@H](CC(N)=O)C(=O)N[C@@H](CC(=O)O)C(=O)NC(C(=O)NCC(=O)N[C@H](CCCN)C(=O)O)C(C)OC(=O)[C@H](CC(=O)c1ccccc1N)NC(=O)[C@@H](NC(=O)C(CO)NC(=O)CNC(=O)[C@H](CC(=O)O)NC(=O)C(C)NC(=O)C(N)CC(=O)O)[C@@H](C)CC(=O)O. The molecule has 44 heteroatoms. The first-order valence-corrected chi connectivity index (χ1v) is 37.8. The maximum absolute atomic E-state index is 14.8. The molecule has 1 heterocycles. The molecule has 650 valence electrons. The summed E-state index contributed by atoms with van der Waals surface area (Å²) in [7, 11) is 0. The van der Waals surface area contributed by atoms with E-state index in [0.717, 1.165) is 52.9 Å². The van der Waals surface area contributed by atoms with Crippen molar-refractivity contribution >= 4 is 135 Å². The maximum Gasteiger partial charge on any atom is 0.329 e. The fraction of sp³-hybridized carbons (Fsp3) is 0.541. The number of amides is 13. The van der Waals surface area contributed by atoms with Gasteiger partial charge in [0, 0.05) is 54.2 Å². The number of rotatable bonds is 56. The molecule has 0 saturated heterocycles. The number of aromatic amines is 1. The summed E-state index contributed by atoms with van der Waals surface area (Å²) in [4.78, 5) is 272. The normalized spacial score (nSPS) is 14.3. The second-order valence-electron chi connectivity index (χ2n) is 27.7. The number of primary amides is 1. The number of carboxylic acid groups (broad SMARTS) is 5. The number of nitrogens with two attached hydrogens (primary N) is 4. The molecule has 0 aliphatic heterocycles. The number of esters is 1. The first-order valence-electron chi connectivity index (χ1n) is 37.8. The van der Waals surface area contributed by atoms with Crippen molar-refractivity contribution in [1.82, 2.24) is 68.4 Å². The van der Waals surface area contributed by atoms with Crippen molar-refractivity contribution in [3.8, 4) is 0 Å². The lowest BCUT2D eigenvalue weighted by molar-refractivity contribution is -0.156. The van der Waals surface area contributed by atoms with Gasteiger partial charge in [0.2, 0.25) is 76.8 Å². The highest BCUT2D eigenvalue weighted by Gasteiger charge is 2.41. The standard InChI is InChI=1S/C74H107N17O27/c1-6-8-9-10-11-12-13-24-57(97)91(7-2)52(27-40-33-79-45-22-17-15-19-41(40)45)70(112)87-47(30-54(78)94)67(109)86-49(32-61(104)105)68(110)90-63(71(113)81-35-55(95)83-46(73(115)116)23-18-25-75)39(5)118-74(117)50(29-53(93)42-20-14-16-21-43(42)76)88-72(114)62(37(3)26-58(98)99)89-69(111)51(36-92)84-56(96)34-80-66(108)48(31-60(102)103)85-64(106)38(4)82-65(107)44(77)28-59(100)101/h14-17,19-22,33,37-39,44,46-52,62-63,79,92H,6-13,18,23-32,34-36,75-77H2,1-5H3,(H2,78,94)(H,80,108)(H,81,113)(H,82,107)(H,83,95)(H,84,96)(H,85,106)(H,86,109)(H,87,112)(H,88,114)(H,89,111)(H,90,110)(H,98,99)(H,100,101)(H,102,103)(H,104,105)(H,115,116)/t37-,38?,39?,44?,46+,47-,48-,49-,50-,51?,52-,62-,63?/m0/s1. The molecule has 0 saturated carbocycles. The lowest BCUT2D eigenvalue weighted by Gasteiger charge is -2.32. The quantitative estimate of drug-likeness (QED) is 0.0109. The molecule has 0 radical (unpaired) electrons. The zero-order chi connectivity index (χ0) is 88.6. The Kier molecular flexibility index (Phi) is 42.6. The number of unbranched alkanes of at least 4 members (excludes halogenated alkanes) is 6. The van der Waals surface area contributed by atoms with Crippen LogP contribution in [0.15, 0.2) is 54.7 Å². The van der Waals surface area contributed by atoms with Gasteiger partial charge in [-0.25, -0.2) is 9.59 Å². The van der Waals surface area contributed by atoms with E-state index in [1.54, 1.807) is 37.4 Å². The van der Waals surface area contributed by atoms with Gasteiger partial charge in [0.1, 0.15) is 66.5 Å². The predicted octanol–water partition coefficient (Wildman–Crippen LogP) is -4.98. The molecular weight excluding hydrogens is 1560 g/mol. The minimum absolute atomic E-state index is 0.00954. The monoisotopic (exact) mass is 1670 g/mol. The van der Waals surface area contributed by atoms with Crippen LogP contribution in [0.4, 0.5) is 5.69 Å². The predicted molar refractivity (Wildman–Crippen MR) is 413 cm³/mol. The van der Waals surface area contributed by atoms with Gasteiger partial charge in [0.25, 0.3) is 0 Å². The van der Waals surface area contributed by atoms with Crippen molar-refractivity contribution in [2.75, 3.05) is 38.5 Å². The van der Waals surface area contributed by atoms with Gasteiger partial charge in [-0.05, 0) is 76.3 Å². The fourth-order valence-corrected chi connectivity index (χ4v) is 11.9. The number of nitrogens with one attached hydrogen (secondary N) is 12. The van der Waals surface area contributed by atoms with Crippen molar-refractivity contribution in [1.29, 1.82) is 0 Å². The average Bonchev–Trinajstić information content (AvgIpc) is 1.59. The summed E-state index contributed by atoms with van der Waals surface area (Å²) in [5.41, 5.74) is 23.5. The zero-order valence-corrected chi connectivity index (χ0v) is 65.8. The Hall–Kier alpha value is -12.7. The number of anilines is 1. The lowest BCUT2D eigenvalue weighted by Crippen LogP contribution is -2.62. The van der Waals surface area contributed by atoms with Gasteiger partial charge in [-0.2, -0.15) is 0 Å². The smallest absolute Gasteiger partial charge is 0.329 e. The summed E-state index contributed by atoms with van der Waals surface area (Å²) < 4.78 is 5.66. The number of para-hydroxylation sites is 2. The second kappa shape index (κ2) is 50.6. The van der Waals surface area contributed by atoms with Gasteiger partial charge in [-0.3, -0.25) is 86.3 Å². The van der Waals surface area contributed by atoms with Crippen molar-refractivity contribution in [2.45, 2.75) is 216 Å². The van der Waals surface area contributed by atoms with E-state index in [-0.39, 0.29) is 50.0 Å². The highest BCUT2D eigenvalue weighted by atomic mass is 16.5. The largest absolute Gasteiger partial charge is 0.481 e. The number of aliphatic hydroxyl groups excluding tert-OH is 1. The van der Waals surface area contributed by atoms with Crippen molar-refractivity contribution in [3.05, 3.63) is 65.9 Å². The number of ketones is 1. The summed E-state index contributed by atoms with van der Waals surface area (Å²) >= 11 is 0. The van der Waals surface area contributed by atoms with Crippen LogP contribution in [-0.2, 0) is 102 Å². The number of aliphatic hydroxyl groups is 1. The number of ether oxygens (including phenoxy) is 1. The molecule has 13 atom stereocenters. The Labute approximate surface area is 676 Å². The first kappa shape index (κ1) is 99.5. The number of benzene rings is 2. The zero-order valence-electron chi connectivity index (χ0n) is 65.8. The van der Waals surface area contributed by atoms with Gasteiger partial charge in [-0.15, -0.1) is 0 Å². The summed E-state index contributed by atoms with van der Waals surface area (Å²) in [6, 6.07) is -9.32. The van der Waals surface area contributed by atoms with E-state index in [1.807, 2.05) is 16.0 Å². The van der Waals surface area contributed by atoms with Crippen molar-refractivity contribution < 1.29 is 131 Å². The van der Waals surface area contributed by atoms with E-state index in [2.05, 4.69) is 54.4 Å². The number of carbonyl (C=O) groups is 20. The van der Waals surface area contributed by atoms with Gasteiger partial charge in [-0.1, -0.05) is 82.7 Å². The molecule has 0 bridgehead atoms. The summed E-state index contributed by atoms with van der Waals surface area (Å²) in [5, 5.41) is 82.6. The molecule has 118 heavy (non-hydrogen) atoms. The highest BCUT2D eigenvalue weighted by molar-refractivity contribution is 6.05. The van der Waals surface area contributed by atoms with Crippen LogP contribution in [0.3, 0.4) is 0 Å². The van der Waals surface area contributed by atoms with Crippen molar-refractivity contribution in [2.24, 2.45) is 23.1 Å². The third-order valence-corrected chi connectivity index (χ3v) is 18.2. The fourth-order valence-electron chi connectivity index (χ4n) is 11.9. The Bertz CT molecular complexity index is 4080. The summed E-state index contributed by atoms with van der Waals surface area (Å²) in [5.74, 6) is -28.8. The molecule has 0 fully saturated rings. The van der Waals surface area contributed by atoms with Crippen LogP contribution in [0.2, 0.25) is 0 Å². The van der Waals surface area contributed by atoms with E-state index in [0.29, 0.717) is 29.3 Å². The first-order chi connectivity index (χ1) is 55.7. The minimum atomic E-state index is -2.39. The molecule has 1 aromatic heterocycles. The molecule has 2 aromatic carbocycles. The lowest BCUT2D eigenvalue weighted by atomic mass is 9.96. The van der Waals surface area contributed by atoms with E-state index < -0.39 is 255 Å². The Morgan fingerprint density at radius 2 is 1.03 bits per heavy atom. The van der Waals surface area contributed by atoms with E-state index in [4.69, 9.17) is 32.8 Å². The highest BCUT2D eigenvalue weighted by Crippen LogP contribution is 2.23. The minimum Gasteiger partial charge on any atom is -0.481 e. The number of nitrogens with zero attached hydrogens (tertiary/aromatic N) is 1. The van der Waals surface area contributed by atoms with Crippen LogP contribution in [-0.4, -0.2) is 264 Å². The molecule has 44 nitrogen and oxygen atoms in total. The van der Waals surface area contributed by atoms with Gasteiger partial charge in [0.15, 0.2) is 5.78 Å². The van der Waals surface area contributed by atoms with Crippen LogP contribution in [0.25, 0.3) is 10.9 Å². The number of Topliss-reactive ketones (excluding diaryl/α,β-unsaturated/α-hetero) is 1. The molecule has 0 aliphatic rings. The Balaban J connectivity index is 2.10. The average molecular weight is 1670 g/mol. The number of hydrogen-bond donors (Lipinski definition) is 22. The third-order valence-electron chi connectivity index (χ3n) is 18.2. The van der Waals surface area contributed by atoms with E-state index >= 15 is 0 Å². The molecule has 0 aliphatic carbocycles.